The molecular formula is C29H29FN4O2S. The fraction of sp³-hybridized carbons (Fsp3) is 0.207. The van der Waals surface area contributed by atoms with Crippen LogP contribution in [0.5, 0.6) is 0 Å². The highest BCUT2D eigenvalue weighted by Crippen LogP contribution is 2.25. The van der Waals surface area contributed by atoms with E-state index in [1.165, 1.54) is 23.9 Å². The molecule has 6 nitrogen and oxygen atoms in total. The summed E-state index contributed by atoms with van der Waals surface area (Å²) < 4.78 is 15.1. The van der Waals surface area contributed by atoms with E-state index < -0.39 is 0 Å². The van der Waals surface area contributed by atoms with Gasteiger partial charge in [0.2, 0.25) is 11.8 Å². The Labute approximate surface area is 220 Å². The van der Waals surface area contributed by atoms with Gasteiger partial charge < -0.3 is 10.2 Å². The first kappa shape index (κ1) is 26.2. The molecule has 1 heterocycles. The van der Waals surface area contributed by atoms with Crippen molar-refractivity contribution >= 4 is 29.4 Å². The zero-order valence-electron chi connectivity index (χ0n) is 20.6. The smallest absolute Gasteiger partial charge is 0.245 e. The van der Waals surface area contributed by atoms with Crippen LogP contribution >= 0.6 is 11.8 Å². The van der Waals surface area contributed by atoms with E-state index >= 15 is 0 Å². The summed E-state index contributed by atoms with van der Waals surface area (Å²) in [7, 11) is 0. The molecule has 37 heavy (non-hydrogen) atoms. The van der Waals surface area contributed by atoms with E-state index in [0.717, 1.165) is 23.3 Å². The Morgan fingerprint density at radius 3 is 2.32 bits per heavy atom. The molecule has 0 spiro atoms. The molecule has 8 heteroatoms. The average molecular weight is 517 g/mol. The fourth-order valence-corrected chi connectivity index (χ4v) is 4.57. The second-order valence-electron chi connectivity index (χ2n) is 8.49. The maximum atomic E-state index is 13.5. The fourth-order valence-electron chi connectivity index (χ4n) is 3.75. The second kappa shape index (κ2) is 12.9. The van der Waals surface area contributed by atoms with E-state index in [1.54, 1.807) is 27.8 Å². The molecule has 0 saturated heterocycles. The van der Waals surface area contributed by atoms with Gasteiger partial charge in [-0.25, -0.2) is 9.07 Å². The lowest BCUT2D eigenvalue weighted by Gasteiger charge is -2.22. The van der Waals surface area contributed by atoms with Gasteiger partial charge in [0.1, 0.15) is 11.6 Å². The maximum absolute atomic E-state index is 13.5. The van der Waals surface area contributed by atoms with Crippen molar-refractivity contribution in [2.24, 2.45) is 0 Å². The number of carbonyl (C=O) groups excluding carboxylic acids is 2. The van der Waals surface area contributed by atoms with Crippen molar-refractivity contribution < 1.29 is 14.0 Å². The van der Waals surface area contributed by atoms with Crippen molar-refractivity contribution in [3.05, 3.63) is 96.8 Å². The van der Waals surface area contributed by atoms with Gasteiger partial charge in [-0.1, -0.05) is 61.9 Å². The quantitative estimate of drug-likeness (QED) is 0.247. The van der Waals surface area contributed by atoms with E-state index in [4.69, 9.17) is 0 Å². The van der Waals surface area contributed by atoms with E-state index in [-0.39, 0.29) is 29.9 Å². The number of carbonyl (C=O) groups is 2. The van der Waals surface area contributed by atoms with Crippen LogP contribution in [0.4, 0.5) is 10.2 Å². The number of halogens is 1. The van der Waals surface area contributed by atoms with Crippen molar-refractivity contribution in [1.29, 1.82) is 0 Å². The summed E-state index contributed by atoms with van der Waals surface area (Å²) in [6, 6.07) is 27.0. The first-order chi connectivity index (χ1) is 18.0. The van der Waals surface area contributed by atoms with Gasteiger partial charge in [-0.2, -0.15) is 5.10 Å². The van der Waals surface area contributed by atoms with E-state index in [0.29, 0.717) is 23.7 Å². The number of nitrogens with zero attached hydrogens (tertiary/aromatic N) is 3. The third-order valence-corrected chi connectivity index (χ3v) is 6.69. The van der Waals surface area contributed by atoms with Crippen LogP contribution in [0.1, 0.15) is 19.8 Å². The largest absolute Gasteiger partial charge is 0.333 e. The summed E-state index contributed by atoms with van der Waals surface area (Å²) in [4.78, 5) is 28.7. The molecule has 4 rings (SSSR count). The summed E-state index contributed by atoms with van der Waals surface area (Å²) in [5.41, 5.74) is 2.16. The van der Waals surface area contributed by atoms with Gasteiger partial charge >= 0.3 is 0 Å². The van der Waals surface area contributed by atoms with Crippen LogP contribution in [0.25, 0.3) is 16.9 Å². The van der Waals surface area contributed by atoms with Crippen LogP contribution in [0, 0.1) is 5.82 Å². The standard InChI is InChI=1S/C29H29FN4O2S/c1-2-3-18-33(29(36)21-37-25-12-8-5-9-13-25)20-28(35)31-27-19-26(22-10-6-4-7-11-22)32-34(27)24-16-14-23(30)15-17-24/h4-17,19H,2-3,18,20-21H2,1H3,(H,31,35). The van der Waals surface area contributed by atoms with Gasteiger partial charge in [-0.05, 0) is 42.8 Å². The predicted octanol–water partition coefficient (Wildman–Crippen LogP) is 6.04. The molecule has 0 unspecified atom stereocenters. The number of anilines is 1. The van der Waals surface area contributed by atoms with Crippen LogP contribution in [-0.2, 0) is 9.59 Å². The van der Waals surface area contributed by atoms with Gasteiger partial charge in [-0.15, -0.1) is 11.8 Å². The summed E-state index contributed by atoms with van der Waals surface area (Å²) in [5, 5.41) is 7.57. The molecule has 3 aromatic carbocycles. The Kier molecular flexibility index (Phi) is 9.10. The number of hydrogen-bond acceptors (Lipinski definition) is 4. The van der Waals surface area contributed by atoms with E-state index in [2.05, 4.69) is 10.4 Å². The highest BCUT2D eigenvalue weighted by atomic mass is 32.2. The highest BCUT2D eigenvalue weighted by molar-refractivity contribution is 8.00. The van der Waals surface area contributed by atoms with Crippen molar-refractivity contribution in [3.63, 3.8) is 0 Å². The molecule has 0 fully saturated rings. The van der Waals surface area contributed by atoms with Crippen LogP contribution < -0.4 is 5.32 Å². The lowest BCUT2D eigenvalue weighted by Crippen LogP contribution is -2.39. The Bertz CT molecular complexity index is 1310. The Morgan fingerprint density at radius 1 is 0.973 bits per heavy atom. The van der Waals surface area contributed by atoms with Crippen LogP contribution in [0.2, 0.25) is 0 Å². The number of amides is 2. The molecule has 0 aliphatic carbocycles. The minimum absolute atomic E-state index is 0.0660. The number of benzene rings is 3. The highest BCUT2D eigenvalue weighted by Gasteiger charge is 2.19. The minimum Gasteiger partial charge on any atom is -0.333 e. The molecule has 2 amide bonds. The zero-order chi connectivity index (χ0) is 26.0. The van der Waals surface area contributed by atoms with Gasteiger partial charge in [0.05, 0.1) is 23.7 Å². The van der Waals surface area contributed by atoms with Crippen LogP contribution in [0.15, 0.2) is 95.9 Å². The Morgan fingerprint density at radius 2 is 1.65 bits per heavy atom. The van der Waals surface area contributed by atoms with Gasteiger partial charge in [0, 0.05) is 23.1 Å². The molecule has 0 aliphatic rings. The SMILES string of the molecule is CCCCN(CC(=O)Nc1cc(-c2ccccc2)nn1-c1ccc(F)cc1)C(=O)CSc1ccccc1. The number of unbranched alkanes of at least 4 members (excludes halogenated alkanes) is 1. The van der Waals surface area contributed by atoms with Gasteiger partial charge in [-0.3, -0.25) is 9.59 Å². The first-order valence-electron chi connectivity index (χ1n) is 12.2. The molecule has 190 valence electrons. The van der Waals surface area contributed by atoms with Crippen molar-refractivity contribution in [1.82, 2.24) is 14.7 Å². The molecule has 0 saturated carbocycles. The topological polar surface area (TPSA) is 67.2 Å². The average Bonchev–Trinajstić information content (AvgIpc) is 3.34. The Hall–Kier alpha value is -3.91. The normalized spacial score (nSPS) is 10.8. The molecule has 0 radical (unpaired) electrons. The van der Waals surface area contributed by atoms with Gasteiger partial charge in [0.15, 0.2) is 0 Å². The molecule has 4 aromatic rings. The molecule has 0 aliphatic heterocycles. The molecule has 1 N–H and O–H groups in total. The molecule has 0 bridgehead atoms. The summed E-state index contributed by atoms with van der Waals surface area (Å²) in [6.07, 6.45) is 1.72. The van der Waals surface area contributed by atoms with Crippen LogP contribution in [0.3, 0.4) is 0 Å². The van der Waals surface area contributed by atoms with Crippen molar-refractivity contribution in [2.75, 3.05) is 24.2 Å². The Balaban J connectivity index is 1.51. The second-order valence-corrected chi connectivity index (χ2v) is 9.54. The number of thioether (sulfide) groups is 1. The van der Waals surface area contributed by atoms with Crippen molar-refractivity contribution in [2.45, 2.75) is 24.7 Å². The third-order valence-electron chi connectivity index (χ3n) is 5.69. The third kappa shape index (κ3) is 7.30. The van der Waals surface area contributed by atoms with E-state index in [1.807, 2.05) is 67.6 Å². The first-order valence-corrected chi connectivity index (χ1v) is 13.2. The molecule has 0 atom stereocenters. The lowest BCUT2D eigenvalue weighted by atomic mass is 10.1. The number of rotatable bonds is 11. The van der Waals surface area contributed by atoms with Gasteiger partial charge in [0.25, 0.3) is 0 Å². The minimum atomic E-state index is -0.358. The molecular weight excluding hydrogens is 487 g/mol. The number of hydrogen-bond donors (Lipinski definition) is 1. The maximum Gasteiger partial charge on any atom is 0.245 e. The van der Waals surface area contributed by atoms with E-state index in [9.17, 15) is 14.0 Å². The monoisotopic (exact) mass is 516 g/mol. The summed E-state index contributed by atoms with van der Waals surface area (Å²) >= 11 is 1.46. The van der Waals surface area contributed by atoms with Crippen molar-refractivity contribution in [3.8, 4) is 16.9 Å². The predicted molar refractivity (Wildman–Crippen MR) is 146 cm³/mol. The van der Waals surface area contributed by atoms with Crippen LogP contribution in [-0.4, -0.2) is 45.3 Å². The number of nitrogens with one attached hydrogen (secondary N) is 1. The summed E-state index contributed by atoms with van der Waals surface area (Å²) in [6.45, 7) is 2.49. The number of aromatic nitrogens is 2. The summed E-state index contributed by atoms with van der Waals surface area (Å²) in [5.74, 6) is -0.0705. The lowest BCUT2D eigenvalue weighted by molar-refractivity contribution is -0.132. The molecule has 1 aromatic heterocycles. The zero-order valence-corrected chi connectivity index (χ0v) is 21.5.